The fourth-order valence-electron chi connectivity index (χ4n) is 2.01. The first-order valence-corrected chi connectivity index (χ1v) is 7.94. The summed E-state index contributed by atoms with van der Waals surface area (Å²) in [6.07, 6.45) is 1.81. The molecule has 1 atom stereocenters. The second kappa shape index (κ2) is 6.34. The molecule has 0 bridgehead atoms. The maximum Gasteiger partial charge on any atom is 0.240 e. The van der Waals surface area contributed by atoms with Crippen molar-refractivity contribution >= 4 is 21.6 Å². The van der Waals surface area contributed by atoms with Gasteiger partial charge < -0.3 is 10.1 Å². The van der Waals surface area contributed by atoms with E-state index in [0.717, 1.165) is 12.8 Å². The van der Waals surface area contributed by atoms with Gasteiger partial charge in [-0.15, -0.1) is 0 Å². The Morgan fingerprint density at radius 2 is 2.05 bits per heavy atom. The topological polar surface area (TPSA) is 84.5 Å². The smallest absolute Gasteiger partial charge is 0.240 e. The number of carbonyl (C=O) groups excluding carboxylic acids is 1. The van der Waals surface area contributed by atoms with Gasteiger partial charge in [0.15, 0.2) is 0 Å². The number of hydrogen-bond acceptors (Lipinski definition) is 4. The lowest BCUT2D eigenvalue weighted by atomic mass is 10.2. The van der Waals surface area contributed by atoms with Gasteiger partial charge in [0.1, 0.15) is 0 Å². The summed E-state index contributed by atoms with van der Waals surface area (Å²) in [4.78, 5) is 11.1. The third-order valence-corrected chi connectivity index (χ3v) is 4.45. The SMILES string of the molecule is CC(=O)Nc1ccc(S(=O)(=O)NC[C@@H]2CCCO2)cc1. The number of amides is 1. The van der Waals surface area contributed by atoms with Crippen LogP contribution in [0.5, 0.6) is 0 Å². The summed E-state index contributed by atoms with van der Waals surface area (Å²) in [6, 6.07) is 6.04. The summed E-state index contributed by atoms with van der Waals surface area (Å²) >= 11 is 0. The molecule has 0 aliphatic carbocycles. The van der Waals surface area contributed by atoms with Gasteiger partial charge in [0.2, 0.25) is 15.9 Å². The van der Waals surface area contributed by atoms with E-state index in [1.807, 2.05) is 0 Å². The molecule has 110 valence electrons. The van der Waals surface area contributed by atoms with Gasteiger partial charge in [0.05, 0.1) is 11.0 Å². The van der Waals surface area contributed by atoms with Crippen LogP contribution in [0.4, 0.5) is 5.69 Å². The molecule has 0 spiro atoms. The summed E-state index contributed by atoms with van der Waals surface area (Å²) in [5.74, 6) is -0.197. The van der Waals surface area contributed by atoms with Crippen LogP contribution in [0, 0.1) is 0 Å². The maximum absolute atomic E-state index is 12.1. The van der Waals surface area contributed by atoms with E-state index in [-0.39, 0.29) is 23.5 Å². The third-order valence-electron chi connectivity index (χ3n) is 3.01. The van der Waals surface area contributed by atoms with Crippen molar-refractivity contribution < 1.29 is 17.9 Å². The molecule has 6 nitrogen and oxygen atoms in total. The normalized spacial score (nSPS) is 18.9. The van der Waals surface area contributed by atoms with Crippen molar-refractivity contribution in [1.29, 1.82) is 0 Å². The van der Waals surface area contributed by atoms with E-state index >= 15 is 0 Å². The molecule has 1 aliphatic rings. The zero-order valence-corrected chi connectivity index (χ0v) is 12.1. The van der Waals surface area contributed by atoms with Gasteiger partial charge >= 0.3 is 0 Å². The Bertz CT molecular complexity index is 563. The lowest BCUT2D eigenvalue weighted by Gasteiger charge is -2.11. The first kappa shape index (κ1) is 15.0. The molecule has 1 saturated heterocycles. The zero-order chi connectivity index (χ0) is 14.6. The molecule has 1 fully saturated rings. The largest absolute Gasteiger partial charge is 0.377 e. The number of rotatable bonds is 5. The van der Waals surface area contributed by atoms with Gasteiger partial charge in [-0.2, -0.15) is 0 Å². The molecular formula is C13H18N2O4S. The molecule has 1 aromatic carbocycles. The van der Waals surface area contributed by atoms with Gasteiger partial charge in [-0.1, -0.05) is 0 Å². The van der Waals surface area contributed by atoms with Gasteiger partial charge in [0.25, 0.3) is 0 Å². The number of sulfonamides is 1. The average molecular weight is 298 g/mol. The van der Waals surface area contributed by atoms with Gasteiger partial charge in [-0.05, 0) is 37.1 Å². The quantitative estimate of drug-likeness (QED) is 0.852. The molecule has 20 heavy (non-hydrogen) atoms. The minimum atomic E-state index is -3.54. The van der Waals surface area contributed by atoms with Gasteiger partial charge in [-0.25, -0.2) is 13.1 Å². The van der Waals surface area contributed by atoms with Crippen LogP contribution in [0.15, 0.2) is 29.2 Å². The summed E-state index contributed by atoms with van der Waals surface area (Å²) < 4.78 is 32.0. The van der Waals surface area contributed by atoms with Crippen molar-refractivity contribution in [3.63, 3.8) is 0 Å². The van der Waals surface area contributed by atoms with Crippen LogP contribution >= 0.6 is 0 Å². The van der Waals surface area contributed by atoms with E-state index < -0.39 is 10.0 Å². The van der Waals surface area contributed by atoms with Gasteiger partial charge in [0, 0.05) is 25.8 Å². The molecule has 0 unspecified atom stereocenters. The highest BCUT2D eigenvalue weighted by atomic mass is 32.2. The Kier molecular flexibility index (Phi) is 4.74. The van der Waals surface area contributed by atoms with Crippen molar-refractivity contribution in [2.75, 3.05) is 18.5 Å². The van der Waals surface area contributed by atoms with Crippen LogP contribution in [0.2, 0.25) is 0 Å². The predicted octanol–water partition coefficient (Wildman–Crippen LogP) is 1.10. The monoisotopic (exact) mass is 298 g/mol. The first-order valence-electron chi connectivity index (χ1n) is 6.46. The summed E-state index contributed by atoms with van der Waals surface area (Å²) in [6.45, 7) is 2.38. The van der Waals surface area contributed by atoms with Crippen molar-refractivity contribution in [3.05, 3.63) is 24.3 Å². The summed E-state index contributed by atoms with van der Waals surface area (Å²) in [5, 5.41) is 2.59. The van der Waals surface area contributed by atoms with E-state index in [9.17, 15) is 13.2 Å². The van der Waals surface area contributed by atoms with E-state index in [4.69, 9.17) is 4.74 Å². The third kappa shape index (κ3) is 4.03. The highest BCUT2D eigenvalue weighted by Crippen LogP contribution is 2.15. The van der Waals surface area contributed by atoms with Gasteiger partial charge in [-0.3, -0.25) is 4.79 Å². The molecule has 0 radical (unpaired) electrons. The Morgan fingerprint density at radius 3 is 2.60 bits per heavy atom. The van der Waals surface area contributed by atoms with Crippen LogP contribution in [-0.2, 0) is 19.6 Å². The lowest BCUT2D eigenvalue weighted by molar-refractivity contribution is -0.114. The minimum Gasteiger partial charge on any atom is -0.377 e. The maximum atomic E-state index is 12.1. The number of nitrogens with one attached hydrogen (secondary N) is 2. The highest BCUT2D eigenvalue weighted by molar-refractivity contribution is 7.89. The second-order valence-corrected chi connectivity index (χ2v) is 6.46. The van der Waals surface area contributed by atoms with Crippen LogP contribution < -0.4 is 10.0 Å². The zero-order valence-electron chi connectivity index (χ0n) is 11.3. The molecule has 7 heteroatoms. The van der Waals surface area contributed by atoms with Crippen molar-refractivity contribution in [2.45, 2.75) is 30.8 Å². The number of hydrogen-bond donors (Lipinski definition) is 2. The molecule has 0 aromatic heterocycles. The second-order valence-electron chi connectivity index (χ2n) is 4.69. The molecule has 1 heterocycles. The summed E-state index contributed by atoms with van der Waals surface area (Å²) in [7, 11) is -3.54. The molecule has 1 amide bonds. The van der Waals surface area contributed by atoms with E-state index in [1.165, 1.54) is 19.1 Å². The van der Waals surface area contributed by atoms with E-state index in [0.29, 0.717) is 12.3 Å². The standard InChI is InChI=1S/C13H18N2O4S/c1-10(16)15-11-4-6-13(7-5-11)20(17,18)14-9-12-3-2-8-19-12/h4-7,12,14H,2-3,8-9H2,1H3,(H,15,16)/t12-/m0/s1. The van der Waals surface area contributed by atoms with E-state index in [2.05, 4.69) is 10.0 Å². The first-order chi connectivity index (χ1) is 9.47. The predicted molar refractivity (Wildman–Crippen MR) is 74.9 cm³/mol. The number of anilines is 1. The Balaban J connectivity index is 1.99. The fraction of sp³-hybridized carbons (Fsp3) is 0.462. The molecular weight excluding hydrogens is 280 g/mol. The fourth-order valence-corrected chi connectivity index (χ4v) is 3.08. The van der Waals surface area contributed by atoms with Crippen LogP contribution in [0.1, 0.15) is 19.8 Å². The molecule has 2 rings (SSSR count). The van der Waals surface area contributed by atoms with E-state index in [1.54, 1.807) is 12.1 Å². The number of benzene rings is 1. The minimum absolute atomic E-state index is 0.0385. The summed E-state index contributed by atoms with van der Waals surface area (Å²) in [5.41, 5.74) is 0.565. The van der Waals surface area contributed by atoms with Crippen LogP contribution in [0.25, 0.3) is 0 Å². The lowest BCUT2D eigenvalue weighted by Crippen LogP contribution is -2.31. The molecule has 1 aliphatic heterocycles. The Morgan fingerprint density at radius 1 is 1.35 bits per heavy atom. The highest BCUT2D eigenvalue weighted by Gasteiger charge is 2.20. The van der Waals surface area contributed by atoms with Crippen molar-refractivity contribution in [2.24, 2.45) is 0 Å². The Hall–Kier alpha value is -1.44. The number of carbonyl (C=O) groups is 1. The van der Waals surface area contributed by atoms with Crippen LogP contribution in [-0.4, -0.2) is 33.6 Å². The molecule has 2 N–H and O–H groups in total. The van der Waals surface area contributed by atoms with Crippen molar-refractivity contribution in [3.8, 4) is 0 Å². The van der Waals surface area contributed by atoms with Crippen LogP contribution in [0.3, 0.4) is 0 Å². The van der Waals surface area contributed by atoms with Crippen molar-refractivity contribution in [1.82, 2.24) is 4.72 Å². The number of ether oxygens (including phenoxy) is 1. The Labute approximate surface area is 118 Å². The average Bonchev–Trinajstić information content (AvgIpc) is 2.89. The molecule has 0 saturated carbocycles. The molecule has 1 aromatic rings.